The molecule has 0 saturated carbocycles. The Morgan fingerprint density at radius 3 is 2.49 bits per heavy atom. The Morgan fingerprint density at radius 2 is 1.77 bits per heavy atom. The molecular formula is C35H38F3NO4. The molecule has 0 radical (unpaired) electrons. The Kier molecular flexibility index (Phi) is 9.28. The SMILES string of the molecule is C[C@@H]1CC2=C(Cc3ccccc32)[C@@H](c2c(F)cc(OCc3cccc(CCCOCC(=O)O)c3)cc2F)N1CC(C)(C)F. The fourth-order valence-corrected chi connectivity index (χ4v) is 6.33. The molecule has 5 nitrogen and oxygen atoms in total. The molecule has 1 heterocycles. The predicted molar refractivity (Wildman–Crippen MR) is 160 cm³/mol. The van der Waals surface area contributed by atoms with Gasteiger partial charge < -0.3 is 14.6 Å². The van der Waals surface area contributed by atoms with Crippen LogP contribution in [0.2, 0.25) is 0 Å². The normalized spacial score (nSPS) is 18.5. The second-order valence-corrected chi connectivity index (χ2v) is 12.1. The molecule has 1 N–H and O–H groups in total. The second-order valence-electron chi connectivity index (χ2n) is 12.1. The van der Waals surface area contributed by atoms with Crippen LogP contribution in [0.1, 0.15) is 67.5 Å². The van der Waals surface area contributed by atoms with Crippen LogP contribution in [0.25, 0.3) is 5.57 Å². The summed E-state index contributed by atoms with van der Waals surface area (Å²) in [4.78, 5) is 12.5. The molecule has 0 spiro atoms. The van der Waals surface area contributed by atoms with Crippen molar-refractivity contribution in [2.45, 2.75) is 70.8 Å². The van der Waals surface area contributed by atoms with Crippen LogP contribution in [-0.2, 0) is 29.0 Å². The van der Waals surface area contributed by atoms with Gasteiger partial charge in [-0.15, -0.1) is 0 Å². The number of aryl methyl sites for hydroxylation is 1. The number of aliphatic carboxylic acids is 1. The van der Waals surface area contributed by atoms with Crippen molar-refractivity contribution in [1.29, 1.82) is 0 Å². The maximum atomic E-state index is 15.9. The van der Waals surface area contributed by atoms with Crippen molar-refractivity contribution in [3.8, 4) is 5.75 Å². The predicted octanol–water partition coefficient (Wildman–Crippen LogP) is 7.47. The average Bonchev–Trinajstić information content (AvgIpc) is 3.30. The van der Waals surface area contributed by atoms with E-state index in [1.54, 1.807) is 0 Å². The maximum Gasteiger partial charge on any atom is 0.329 e. The van der Waals surface area contributed by atoms with E-state index in [2.05, 4.69) is 6.07 Å². The highest BCUT2D eigenvalue weighted by Gasteiger charge is 2.43. The molecular weight excluding hydrogens is 555 g/mol. The zero-order chi connectivity index (χ0) is 30.7. The fraction of sp³-hybridized carbons (Fsp3) is 0.400. The minimum absolute atomic E-state index is 0.0467. The van der Waals surface area contributed by atoms with Gasteiger partial charge in [0.05, 0.1) is 6.04 Å². The standard InChI is InChI=1S/C35H38F3NO4/c1-22-14-28-27-12-5-4-11-25(27)16-29(28)34(39(22)21-35(2,3)38)33-30(36)17-26(18-31(33)37)43-19-24-9-6-8-23(15-24)10-7-13-42-20-32(40)41/h4-6,8-9,11-12,15,17-18,22,34H,7,10,13-14,16,19-21H2,1-3H3,(H,40,41)/t22-,34+/m1/s1. The first-order valence-corrected chi connectivity index (χ1v) is 14.7. The van der Waals surface area contributed by atoms with Gasteiger partial charge in [0.2, 0.25) is 0 Å². The Hall–Kier alpha value is -3.62. The number of nitrogens with zero attached hydrogens (tertiary/aromatic N) is 1. The number of fused-ring (bicyclic) bond motifs is 2. The monoisotopic (exact) mass is 593 g/mol. The van der Waals surface area contributed by atoms with Crippen molar-refractivity contribution in [2.75, 3.05) is 19.8 Å². The summed E-state index contributed by atoms with van der Waals surface area (Å²) >= 11 is 0. The van der Waals surface area contributed by atoms with Crippen LogP contribution in [0, 0.1) is 11.6 Å². The van der Waals surface area contributed by atoms with E-state index in [1.165, 1.54) is 26.0 Å². The van der Waals surface area contributed by atoms with Crippen LogP contribution in [0.4, 0.5) is 13.2 Å². The van der Waals surface area contributed by atoms with Gasteiger partial charge in [0, 0.05) is 36.9 Å². The van der Waals surface area contributed by atoms with Crippen LogP contribution < -0.4 is 4.74 Å². The molecule has 1 aliphatic carbocycles. The lowest BCUT2D eigenvalue weighted by atomic mass is 9.84. The van der Waals surface area contributed by atoms with Gasteiger partial charge in [0.25, 0.3) is 0 Å². The number of ether oxygens (including phenoxy) is 2. The van der Waals surface area contributed by atoms with Crippen LogP contribution in [0.5, 0.6) is 5.75 Å². The van der Waals surface area contributed by atoms with E-state index >= 15 is 13.2 Å². The van der Waals surface area contributed by atoms with Crippen LogP contribution in [0.15, 0.2) is 66.2 Å². The number of halogens is 3. The van der Waals surface area contributed by atoms with Gasteiger partial charge in [0.15, 0.2) is 0 Å². The summed E-state index contributed by atoms with van der Waals surface area (Å²) in [5, 5.41) is 8.66. The lowest BCUT2D eigenvalue weighted by molar-refractivity contribution is -0.142. The van der Waals surface area contributed by atoms with E-state index in [9.17, 15) is 4.79 Å². The molecule has 0 amide bonds. The molecule has 43 heavy (non-hydrogen) atoms. The van der Waals surface area contributed by atoms with Gasteiger partial charge in [-0.2, -0.15) is 0 Å². The Bertz CT molecular complexity index is 1490. The minimum Gasteiger partial charge on any atom is -0.489 e. The van der Waals surface area contributed by atoms with E-state index in [4.69, 9.17) is 14.6 Å². The molecule has 228 valence electrons. The molecule has 2 aliphatic rings. The molecule has 1 aliphatic heterocycles. The van der Waals surface area contributed by atoms with Crippen molar-refractivity contribution >= 4 is 11.5 Å². The Labute approximate surface area is 250 Å². The lowest BCUT2D eigenvalue weighted by Gasteiger charge is -2.44. The number of benzene rings is 3. The minimum atomic E-state index is -1.55. The summed E-state index contributed by atoms with van der Waals surface area (Å²) in [6.45, 7) is 5.17. The molecule has 3 aromatic rings. The summed E-state index contributed by atoms with van der Waals surface area (Å²) in [6, 6.07) is 17.3. The second kappa shape index (κ2) is 12.9. The third-order valence-corrected chi connectivity index (χ3v) is 8.10. The Balaban J connectivity index is 1.35. The average molecular weight is 594 g/mol. The molecule has 0 saturated heterocycles. The zero-order valence-corrected chi connectivity index (χ0v) is 24.8. The number of alkyl halides is 1. The van der Waals surface area contributed by atoms with Crippen LogP contribution in [0.3, 0.4) is 0 Å². The number of hydrogen-bond donors (Lipinski definition) is 1. The zero-order valence-electron chi connectivity index (χ0n) is 24.8. The largest absolute Gasteiger partial charge is 0.489 e. The third kappa shape index (κ3) is 7.31. The number of rotatable bonds is 12. The molecule has 8 heteroatoms. The van der Waals surface area contributed by atoms with E-state index in [0.717, 1.165) is 33.4 Å². The number of hydrogen-bond acceptors (Lipinski definition) is 4. The van der Waals surface area contributed by atoms with Crippen molar-refractivity contribution in [2.24, 2.45) is 0 Å². The first kappa shape index (κ1) is 30.8. The van der Waals surface area contributed by atoms with Crippen molar-refractivity contribution in [1.82, 2.24) is 4.90 Å². The fourth-order valence-electron chi connectivity index (χ4n) is 6.33. The van der Waals surface area contributed by atoms with Gasteiger partial charge in [-0.05, 0) is 79.9 Å². The number of carbonyl (C=O) groups is 1. The quantitative estimate of drug-likeness (QED) is 0.221. The summed E-state index contributed by atoms with van der Waals surface area (Å²) in [7, 11) is 0. The van der Waals surface area contributed by atoms with Gasteiger partial charge in [-0.3, -0.25) is 4.90 Å². The number of carboxylic acid groups (broad SMARTS) is 1. The van der Waals surface area contributed by atoms with Crippen molar-refractivity contribution in [3.05, 3.63) is 106 Å². The first-order valence-electron chi connectivity index (χ1n) is 14.7. The van der Waals surface area contributed by atoms with E-state index in [-0.39, 0.29) is 37.1 Å². The molecule has 0 bridgehead atoms. The van der Waals surface area contributed by atoms with Crippen molar-refractivity contribution < 1.29 is 32.5 Å². The van der Waals surface area contributed by atoms with E-state index in [0.29, 0.717) is 32.3 Å². The molecule has 5 rings (SSSR count). The van der Waals surface area contributed by atoms with E-state index in [1.807, 2.05) is 54.3 Å². The topological polar surface area (TPSA) is 59.0 Å². The van der Waals surface area contributed by atoms with Gasteiger partial charge in [-0.25, -0.2) is 18.0 Å². The van der Waals surface area contributed by atoms with Crippen LogP contribution >= 0.6 is 0 Å². The molecule has 3 aromatic carbocycles. The maximum absolute atomic E-state index is 15.9. The van der Waals surface area contributed by atoms with Gasteiger partial charge >= 0.3 is 5.97 Å². The number of carboxylic acids is 1. The smallest absolute Gasteiger partial charge is 0.329 e. The Morgan fingerprint density at radius 1 is 1.05 bits per heavy atom. The molecule has 0 fully saturated rings. The molecule has 0 unspecified atom stereocenters. The summed E-state index contributed by atoms with van der Waals surface area (Å²) in [5.74, 6) is -2.35. The highest BCUT2D eigenvalue weighted by atomic mass is 19.1. The third-order valence-electron chi connectivity index (χ3n) is 8.10. The van der Waals surface area contributed by atoms with Crippen LogP contribution in [-0.4, -0.2) is 47.4 Å². The summed E-state index contributed by atoms with van der Waals surface area (Å²) < 4.78 is 57.8. The highest BCUT2D eigenvalue weighted by Crippen LogP contribution is 2.50. The summed E-state index contributed by atoms with van der Waals surface area (Å²) in [5.41, 5.74) is 4.52. The highest BCUT2D eigenvalue weighted by molar-refractivity contribution is 5.79. The van der Waals surface area contributed by atoms with Gasteiger partial charge in [-0.1, -0.05) is 48.5 Å². The van der Waals surface area contributed by atoms with Gasteiger partial charge in [0.1, 0.15) is 36.3 Å². The lowest BCUT2D eigenvalue weighted by Crippen LogP contribution is -2.47. The summed E-state index contributed by atoms with van der Waals surface area (Å²) in [6.07, 6.45) is 2.62. The first-order chi connectivity index (χ1) is 20.5. The molecule has 0 aromatic heterocycles. The van der Waals surface area contributed by atoms with Crippen molar-refractivity contribution in [3.63, 3.8) is 0 Å². The van der Waals surface area contributed by atoms with E-state index < -0.39 is 29.3 Å². The molecule has 2 atom stereocenters.